The number of carbonyl (C=O) groups excluding carboxylic acids is 1. The van der Waals surface area contributed by atoms with Crippen molar-refractivity contribution in [3.05, 3.63) is 70.3 Å². The summed E-state index contributed by atoms with van der Waals surface area (Å²) >= 11 is 0. The molecule has 0 fully saturated rings. The smallest absolute Gasteiger partial charge is 0.324 e. The molecule has 1 atom stereocenters. The number of rotatable bonds is 8. The maximum Gasteiger partial charge on any atom is 0.324 e. The topological polar surface area (TPSA) is 107 Å². The van der Waals surface area contributed by atoms with Crippen LogP contribution >= 0.6 is 0 Å². The fourth-order valence-electron chi connectivity index (χ4n) is 2.89. The predicted molar refractivity (Wildman–Crippen MR) is 103 cm³/mol. The van der Waals surface area contributed by atoms with E-state index in [0.29, 0.717) is 5.56 Å². The highest BCUT2D eigenvalue weighted by molar-refractivity contribution is 7.89. The second kappa shape index (κ2) is 8.94. The van der Waals surface area contributed by atoms with E-state index < -0.39 is 43.5 Å². The van der Waals surface area contributed by atoms with Crippen LogP contribution in [0.25, 0.3) is 0 Å². The van der Waals surface area contributed by atoms with Crippen LogP contribution in [0, 0.1) is 16.0 Å². The average Bonchev–Trinajstić information content (AvgIpc) is 2.67. The Hall–Kier alpha value is -2.78. The zero-order chi connectivity index (χ0) is 20.9. The van der Waals surface area contributed by atoms with Gasteiger partial charge >= 0.3 is 5.97 Å². The zero-order valence-corrected chi connectivity index (χ0v) is 16.6. The fraction of sp³-hybridized carbons (Fsp3) is 0.316. The second-order valence-corrected chi connectivity index (χ2v) is 8.33. The molecule has 9 heteroatoms. The first-order valence-corrected chi connectivity index (χ1v) is 10.0. The summed E-state index contributed by atoms with van der Waals surface area (Å²) in [4.78, 5) is 22.6. The number of nitrogens with zero attached hydrogens (tertiary/aromatic N) is 2. The molecule has 0 aliphatic rings. The molecule has 0 saturated carbocycles. The second-order valence-electron chi connectivity index (χ2n) is 6.47. The minimum absolute atomic E-state index is 0.132. The molecule has 2 rings (SSSR count). The van der Waals surface area contributed by atoms with Crippen LogP contribution in [-0.2, 0) is 26.1 Å². The van der Waals surface area contributed by atoms with E-state index in [-0.39, 0.29) is 6.54 Å². The highest BCUT2D eigenvalue weighted by Crippen LogP contribution is 2.30. The van der Waals surface area contributed by atoms with Crippen molar-refractivity contribution in [1.29, 1.82) is 0 Å². The Morgan fingerprint density at radius 3 is 2.21 bits per heavy atom. The van der Waals surface area contributed by atoms with Crippen molar-refractivity contribution in [3.8, 4) is 0 Å². The lowest BCUT2D eigenvalue weighted by molar-refractivity contribution is -0.387. The van der Waals surface area contributed by atoms with Crippen LogP contribution in [0.4, 0.5) is 5.69 Å². The SMILES string of the molecule is COC(=O)[C@H](C(C)C)N(Cc1ccccc1)S(=O)(=O)c1ccccc1[N+](=O)[O-]. The average molecular weight is 406 g/mol. The van der Waals surface area contributed by atoms with Crippen molar-refractivity contribution < 1.29 is 22.9 Å². The van der Waals surface area contributed by atoms with Gasteiger partial charge in [0.2, 0.25) is 0 Å². The zero-order valence-electron chi connectivity index (χ0n) is 15.8. The molecule has 0 aliphatic carbocycles. The summed E-state index contributed by atoms with van der Waals surface area (Å²) in [6, 6.07) is 12.6. The van der Waals surface area contributed by atoms with Crippen LogP contribution in [0.15, 0.2) is 59.5 Å². The number of methoxy groups -OCH3 is 1. The Labute approximate surface area is 163 Å². The third-order valence-corrected chi connectivity index (χ3v) is 6.09. The maximum absolute atomic E-state index is 13.4. The van der Waals surface area contributed by atoms with Crippen LogP contribution in [-0.4, -0.2) is 36.8 Å². The number of ether oxygens (including phenoxy) is 1. The number of hydrogen-bond donors (Lipinski definition) is 0. The Bertz CT molecular complexity index is 944. The van der Waals surface area contributed by atoms with E-state index in [1.165, 1.54) is 25.3 Å². The standard InChI is InChI=1S/C19H22N2O6S/c1-14(2)18(19(22)27-3)20(13-15-9-5-4-6-10-15)28(25,26)17-12-8-7-11-16(17)21(23)24/h4-12,14,18H,13H2,1-3H3/t18-/m0/s1. The first-order valence-electron chi connectivity index (χ1n) is 8.57. The largest absolute Gasteiger partial charge is 0.468 e. The first kappa shape index (κ1) is 21.5. The van der Waals surface area contributed by atoms with Gasteiger partial charge in [-0.25, -0.2) is 8.42 Å². The molecule has 28 heavy (non-hydrogen) atoms. The number of para-hydroxylation sites is 1. The lowest BCUT2D eigenvalue weighted by atomic mass is 10.0. The van der Waals surface area contributed by atoms with Crippen molar-refractivity contribution in [1.82, 2.24) is 4.31 Å². The number of esters is 1. The highest BCUT2D eigenvalue weighted by Gasteiger charge is 2.41. The molecule has 0 unspecified atom stereocenters. The highest BCUT2D eigenvalue weighted by atomic mass is 32.2. The molecule has 0 aromatic heterocycles. The van der Waals surface area contributed by atoms with E-state index in [1.807, 2.05) is 0 Å². The number of nitro benzene ring substituents is 1. The molecule has 0 saturated heterocycles. The van der Waals surface area contributed by atoms with Gasteiger partial charge in [-0.15, -0.1) is 0 Å². The van der Waals surface area contributed by atoms with Crippen LogP contribution in [0.1, 0.15) is 19.4 Å². The van der Waals surface area contributed by atoms with E-state index in [9.17, 15) is 23.3 Å². The lowest BCUT2D eigenvalue weighted by Crippen LogP contribution is -2.48. The van der Waals surface area contributed by atoms with Gasteiger partial charge in [0.25, 0.3) is 15.7 Å². The Morgan fingerprint density at radius 2 is 1.68 bits per heavy atom. The normalized spacial score (nSPS) is 12.8. The van der Waals surface area contributed by atoms with Crippen molar-refractivity contribution in [2.75, 3.05) is 7.11 Å². The van der Waals surface area contributed by atoms with Gasteiger partial charge in [-0.1, -0.05) is 56.3 Å². The number of nitro groups is 1. The monoisotopic (exact) mass is 406 g/mol. The molecule has 150 valence electrons. The van der Waals surface area contributed by atoms with Gasteiger partial charge in [0.1, 0.15) is 6.04 Å². The molecule has 0 radical (unpaired) electrons. The molecule has 0 bridgehead atoms. The van der Waals surface area contributed by atoms with Crippen LogP contribution in [0.5, 0.6) is 0 Å². The molecule has 0 amide bonds. The molecule has 2 aromatic rings. The van der Waals surface area contributed by atoms with Gasteiger partial charge in [0.15, 0.2) is 4.90 Å². The lowest BCUT2D eigenvalue weighted by Gasteiger charge is -2.31. The molecule has 2 aromatic carbocycles. The van der Waals surface area contributed by atoms with E-state index in [1.54, 1.807) is 44.2 Å². The molecule has 8 nitrogen and oxygen atoms in total. The predicted octanol–water partition coefficient (Wildman–Crippen LogP) is 2.98. The maximum atomic E-state index is 13.4. The first-order chi connectivity index (χ1) is 13.2. The van der Waals surface area contributed by atoms with Gasteiger partial charge in [0, 0.05) is 12.6 Å². The van der Waals surface area contributed by atoms with Crippen LogP contribution in [0.2, 0.25) is 0 Å². The summed E-state index contributed by atoms with van der Waals surface area (Å²) in [5.41, 5.74) is 0.0899. The van der Waals surface area contributed by atoms with Crippen molar-refractivity contribution in [2.24, 2.45) is 5.92 Å². The fourth-order valence-corrected chi connectivity index (χ4v) is 4.75. The Balaban J connectivity index is 2.66. The van der Waals surface area contributed by atoms with Crippen molar-refractivity contribution in [2.45, 2.75) is 31.3 Å². The van der Waals surface area contributed by atoms with Gasteiger partial charge in [-0.2, -0.15) is 4.31 Å². The van der Waals surface area contributed by atoms with Crippen molar-refractivity contribution >= 4 is 21.7 Å². The quantitative estimate of drug-likeness (QED) is 0.379. The third-order valence-electron chi connectivity index (χ3n) is 4.21. The van der Waals surface area contributed by atoms with Crippen molar-refractivity contribution in [3.63, 3.8) is 0 Å². The van der Waals surface area contributed by atoms with Crippen LogP contribution in [0.3, 0.4) is 0 Å². The summed E-state index contributed by atoms with van der Waals surface area (Å²) < 4.78 is 32.7. The third kappa shape index (κ3) is 4.55. The minimum Gasteiger partial charge on any atom is -0.468 e. The van der Waals surface area contributed by atoms with E-state index in [4.69, 9.17) is 4.74 Å². The van der Waals surface area contributed by atoms with E-state index >= 15 is 0 Å². The number of benzene rings is 2. The molecular formula is C19H22N2O6S. The molecule has 0 aliphatic heterocycles. The summed E-state index contributed by atoms with van der Waals surface area (Å²) in [5, 5.41) is 11.4. The summed E-state index contributed by atoms with van der Waals surface area (Å²) in [6.45, 7) is 3.25. The number of sulfonamides is 1. The van der Waals surface area contributed by atoms with Gasteiger partial charge in [-0.05, 0) is 17.5 Å². The summed E-state index contributed by atoms with van der Waals surface area (Å²) in [5.74, 6) is -1.15. The molecule has 0 heterocycles. The number of hydrogen-bond acceptors (Lipinski definition) is 6. The minimum atomic E-state index is -4.38. The van der Waals surface area contributed by atoms with E-state index in [0.717, 1.165) is 10.4 Å². The molecule has 0 N–H and O–H groups in total. The van der Waals surface area contributed by atoms with E-state index in [2.05, 4.69) is 0 Å². The summed E-state index contributed by atoms with van der Waals surface area (Å²) in [6.07, 6.45) is 0. The number of carbonyl (C=O) groups is 1. The Kier molecular flexibility index (Phi) is 6.87. The Morgan fingerprint density at radius 1 is 1.11 bits per heavy atom. The molecular weight excluding hydrogens is 384 g/mol. The summed E-state index contributed by atoms with van der Waals surface area (Å²) in [7, 11) is -3.21. The van der Waals surface area contributed by atoms with Gasteiger partial charge in [-0.3, -0.25) is 14.9 Å². The van der Waals surface area contributed by atoms with Gasteiger partial charge < -0.3 is 4.74 Å². The van der Waals surface area contributed by atoms with Crippen LogP contribution < -0.4 is 0 Å². The molecule has 0 spiro atoms. The van der Waals surface area contributed by atoms with Gasteiger partial charge in [0.05, 0.1) is 12.0 Å².